The van der Waals surface area contributed by atoms with E-state index in [4.69, 9.17) is 0 Å². The van der Waals surface area contributed by atoms with Gasteiger partial charge in [-0.2, -0.15) is 5.26 Å². The number of amides is 1. The number of nitriles is 1. The largest absolute Gasteiger partial charge is 0.340 e. The molecule has 1 amide bonds. The van der Waals surface area contributed by atoms with Crippen molar-refractivity contribution in [1.29, 1.82) is 5.26 Å². The van der Waals surface area contributed by atoms with Crippen LogP contribution in [0.25, 0.3) is 17.0 Å². The van der Waals surface area contributed by atoms with Gasteiger partial charge in [0.15, 0.2) is 0 Å². The molecule has 0 atom stereocenters. The smallest absolute Gasteiger partial charge is 0.264 e. The molecule has 2 heterocycles. The van der Waals surface area contributed by atoms with Gasteiger partial charge in [0.25, 0.3) is 5.91 Å². The van der Waals surface area contributed by atoms with E-state index >= 15 is 0 Å². The van der Waals surface area contributed by atoms with Crippen LogP contribution in [0.2, 0.25) is 0 Å². The lowest BCUT2D eigenvalue weighted by molar-refractivity contribution is -0.125. The van der Waals surface area contributed by atoms with Crippen LogP contribution < -0.4 is 0 Å². The zero-order valence-electron chi connectivity index (χ0n) is 16.1. The van der Waals surface area contributed by atoms with Crippen LogP contribution in [0.5, 0.6) is 0 Å². The summed E-state index contributed by atoms with van der Waals surface area (Å²) in [6, 6.07) is 20.6. The molecule has 2 aromatic carbocycles. The Labute approximate surface area is 165 Å². The monoisotopic (exact) mass is 369 g/mol. The van der Waals surface area contributed by atoms with E-state index in [1.54, 1.807) is 11.0 Å². The Kier molecular flexibility index (Phi) is 4.99. The molecule has 4 heteroatoms. The van der Waals surface area contributed by atoms with Crippen molar-refractivity contribution in [3.05, 3.63) is 77.0 Å². The molecule has 1 saturated heterocycles. The van der Waals surface area contributed by atoms with Crippen molar-refractivity contribution < 1.29 is 4.79 Å². The summed E-state index contributed by atoms with van der Waals surface area (Å²) < 4.78 is 2.26. The van der Waals surface area contributed by atoms with Crippen molar-refractivity contribution in [2.75, 3.05) is 13.1 Å². The van der Waals surface area contributed by atoms with E-state index < -0.39 is 0 Å². The maximum Gasteiger partial charge on any atom is 0.264 e. The van der Waals surface area contributed by atoms with Crippen LogP contribution in [0.1, 0.15) is 29.7 Å². The van der Waals surface area contributed by atoms with Crippen LogP contribution >= 0.6 is 0 Å². The first-order valence-corrected chi connectivity index (χ1v) is 9.72. The van der Waals surface area contributed by atoms with E-state index in [0.717, 1.165) is 54.6 Å². The standard InChI is InChI=1S/C24H23N3O/c1-18-22(15-20(16-25)24(28)26-13-7-8-14-26)21-11-5-6-12-23(21)27(18)17-19-9-3-2-4-10-19/h2-6,9-12,15H,7-8,13-14,17H2,1H3/b20-15+. The summed E-state index contributed by atoms with van der Waals surface area (Å²) in [6.07, 6.45) is 3.81. The molecule has 0 aliphatic carbocycles. The minimum absolute atomic E-state index is 0.153. The van der Waals surface area contributed by atoms with E-state index in [2.05, 4.69) is 41.8 Å². The van der Waals surface area contributed by atoms with Crippen molar-refractivity contribution in [1.82, 2.24) is 9.47 Å². The second-order valence-electron chi connectivity index (χ2n) is 7.26. The number of para-hydroxylation sites is 1. The Morgan fingerprint density at radius 1 is 1.07 bits per heavy atom. The molecule has 0 saturated carbocycles. The van der Waals surface area contributed by atoms with E-state index in [0.29, 0.717) is 0 Å². The summed E-state index contributed by atoms with van der Waals surface area (Å²) in [5.74, 6) is -0.153. The van der Waals surface area contributed by atoms with Crippen LogP contribution in [-0.4, -0.2) is 28.5 Å². The summed E-state index contributed by atoms with van der Waals surface area (Å²) in [7, 11) is 0. The predicted octanol–water partition coefficient (Wildman–Crippen LogP) is 4.53. The highest BCUT2D eigenvalue weighted by atomic mass is 16.2. The molecule has 4 nitrogen and oxygen atoms in total. The molecular weight excluding hydrogens is 346 g/mol. The van der Waals surface area contributed by atoms with Gasteiger partial charge in [0.2, 0.25) is 0 Å². The van der Waals surface area contributed by atoms with Crippen LogP contribution in [-0.2, 0) is 11.3 Å². The second kappa shape index (κ2) is 7.74. The predicted molar refractivity (Wildman–Crippen MR) is 112 cm³/mol. The highest BCUT2D eigenvalue weighted by Crippen LogP contribution is 2.29. The van der Waals surface area contributed by atoms with Gasteiger partial charge < -0.3 is 9.47 Å². The molecule has 1 aliphatic heterocycles. The number of fused-ring (bicyclic) bond motifs is 1. The van der Waals surface area contributed by atoms with Gasteiger partial charge in [-0.15, -0.1) is 0 Å². The van der Waals surface area contributed by atoms with Crippen molar-refractivity contribution in [3.8, 4) is 6.07 Å². The average molecular weight is 369 g/mol. The SMILES string of the molecule is Cc1c(/C=C(\C#N)C(=O)N2CCCC2)c2ccccc2n1Cc1ccccc1. The number of benzene rings is 2. The third kappa shape index (κ3) is 3.32. The van der Waals surface area contributed by atoms with Gasteiger partial charge in [0.05, 0.1) is 0 Å². The normalized spacial score (nSPS) is 14.4. The molecule has 1 aliphatic rings. The van der Waals surface area contributed by atoms with Crippen LogP contribution in [0.4, 0.5) is 0 Å². The molecule has 28 heavy (non-hydrogen) atoms. The van der Waals surface area contributed by atoms with Gasteiger partial charge in [-0.25, -0.2) is 0 Å². The highest BCUT2D eigenvalue weighted by Gasteiger charge is 2.22. The summed E-state index contributed by atoms with van der Waals surface area (Å²) in [5.41, 5.74) is 4.56. The molecule has 0 spiro atoms. The molecule has 3 aromatic rings. The van der Waals surface area contributed by atoms with E-state index in [-0.39, 0.29) is 11.5 Å². The zero-order valence-corrected chi connectivity index (χ0v) is 16.1. The number of rotatable bonds is 4. The van der Waals surface area contributed by atoms with E-state index in [1.165, 1.54) is 5.56 Å². The van der Waals surface area contributed by atoms with Gasteiger partial charge in [-0.1, -0.05) is 48.5 Å². The molecule has 0 bridgehead atoms. The Balaban J connectivity index is 1.80. The van der Waals surface area contributed by atoms with Gasteiger partial charge >= 0.3 is 0 Å². The zero-order chi connectivity index (χ0) is 19.5. The fourth-order valence-corrected chi connectivity index (χ4v) is 3.99. The number of aromatic nitrogens is 1. The highest BCUT2D eigenvalue weighted by molar-refractivity contribution is 6.04. The molecule has 0 radical (unpaired) electrons. The number of hydrogen-bond donors (Lipinski definition) is 0. The molecule has 0 N–H and O–H groups in total. The fourth-order valence-electron chi connectivity index (χ4n) is 3.99. The van der Waals surface area contributed by atoms with Crippen molar-refractivity contribution >= 4 is 22.9 Å². The minimum atomic E-state index is -0.153. The van der Waals surface area contributed by atoms with Gasteiger partial charge in [-0.05, 0) is 37.5 Å². The molecule has 1 fully saturated rings. The van der Waals surface area contributed by atoms with Crippen molar-refractivity contribution in [2.24, 2.45) is 0 Å². The average Bonchev–Trinajstić information content (AvgIpc) is 3.35. The molecule has 140 valence electrons. The van der Waals surface area contributed by atoms with Crippen LogP contribution in [0.3, 0.4) is 0 Å². The Morgan fingerprint density at radius 2 is 1.75 bits per heavy atom. The first-order valence-electron chi connectivity index (χ1n) is 9.72. The number of carbonyl (C=O) groups is 1. The number of carbonyl (C=O) groups excluding carboxylic acids is 1. The molecule has 1 aromatic heterocycles. The minimum Gasteiger partial charge on any atom is -0.340 e. The third-order valence-electron chi connectivity index (χ3n) is 5.50. The third-order valence-corrected chi connectivity index (χ3v) is 5.50. The number of hydrogen-bond acceptors (Lipinski definition) is 2. The van der Waals surface area contributed by atoms with E-state index in [9.17, 15) is 10.1 Å². The second-order valence-corrected chi connectivity index (χ2v) is 7.26. The lowest BCUT2D eigenvalue weighted by Gasteiger charge is -2.14. The maximum atomic E-state index is 12.8. The Morgan fingerprint density at radius 3 is 2.46 bits per heavy atom. The molecule has 0 unspecified atom stereocenters. The van der Waals surface area contributed by atoms with Gasteiger partial charge in [0.1, 0.15) is 11.6 Å². The van der Waals surface area contributed by atoms with E-state index in [1.807, 2.05) is 30.3 Å². The summed E-state index contributed by atoms with van der Waals surface area (Å²) in [5, 5.41) is 10.7. The lowest BCUT2D eigenvalue weighted by Crippen LogP contribution is -2.28. The molecular formula is C24H23N3O. The maximum absolute atomic E-state index is 12.8. The van der Waals surface area contributed by atoms with Crippen molar-refractivity contribution in [3.63, 3.8) is 0 Å². The van der Waals surface area contributed by atoms with Gasteiger partial charge in [-0.3, -0.25) is 4.79 Å². The number of likely N-dealkylation sites (tertiary alicyclic amines) is 1. The first kappa shape index (κ1) is 18.1. The van der Waals surface area contributed by atoms with Gasteiger partial charge in [0, 0.05) is 41.8 Å². The van der Waals surface area contributed by atoms with Crippen LogP contribution in [0, 0.1) is 18.3 Å². The van der Waals surface area contributed by atoms with Crippen LogP contribution in [0.15, 0.2) is 60.2 Å². The van der Waals surface area contributed by atoms with Crippen molar-refractivity contribution in [2.45, 2.75) is 26.3 Å². The quantitative estimate of drug-likeness (QED) is 0.501. The summed E-state index contributed by atoms with van der Waals surface area (Å²) in [6.45, 7) is 4.30. The first-order chi connectivity index (χ1) is 13.7. The topological polar surface area (TPSA) is 49.0 Å². The summed E-state index contributed by atoms with van der Waals surface area (Å²) >= 11 is 0. The molecule has 4 rings (SSSR count). The number of nitrogens with zero attached hydrogens (tertiary/aromatic N) is 3. The Hall–Kier alpha value is -3.32. The fraction of sp³-hybridized carbons (Fsp3) is 0.250. The summed E-state index contributed by atoms with van der Waals surface area (Å²) in [4.78, 5) is 14.5. The lowest BCUT2D eigenvalue weighted by atomic mass is 10.1. The Bertz CT molecular complexity index is 1080.